The van der Waals surface area contributed by atoms with E-state index in [1.807, 2.05) is 6.07 Å². The molecule has 1 aromatic carbocycles. The Balaban J connectivity index is 1.58. The number of nitrogens with zero attached hydrogens (tertiary/aromatic N) is 2. The standard InChI is InChI=1S/C19H28N2O3S/c1-25(22,23)21-14-16-4-2-3-5-18(16)19(15-21)8-10-20(11-9-19)17-6-12-24-13-7-17/h2-5,17H,6-15H2,1H3. The van der Waals surface area contributed by atoms with Crippen molar-refractivity contribution in [2.75, 3.05) is 39.1 Å². The van der Waals surface area contributed by atoms with Gasteiger partial charge < -0.3 is 9.64 Å². The average Bonchev–Trinajstić information content (AvgIpc) is 2.62. The molecule has 2 fully saturated rings. The van der Waals surface area contributed by atoms with Gasteiger partial charge in [0.25, 0.3) is 0 Å². The Morgan fingerprint density at radius 1 is 1.12 bits per heavy atom. The summed E-state index contributed by atoms with van der Waals surface area (Å²) in [5.74, 6) is 0. The van der Waals surface area contributed by atoms with Gasteiger partial charge in [-0.2, -0.15) is 4.31 Å². The highest BCUT2D eigenvalue weighted by molar-refractivity contribution is 7.88. The molecule has 0 unspecified atom stereocenters. The smallest absolute Gasteiger partial charge is 0.211 e. The van der Waals surface area contributed by atoms with Gasteiger partial charge in [0.2, 0.25) is 10.0 Å². The van der Waals surface area contributed by atoms with Crippen LogP contribution in [0.3, 0.4) is 0 Å². The fourth-order valence-electron chi connectivity index (χ4n) is 4.87. The quantitative estimate of drug-likeness (QED) is 0.805. The van der Waals surface area contributed by atoms with Crippen LogP contribution >= 0.6 is 0 Å². The van der Waals surface area contributed by atoms with E-state index >= 15 is 0 Å². The van der Waals surface area contributed by atoms with E-state index in [0.717, 1.165) is 52.0 Å². The second kappa shape index (κ2) is 6.65. The third-order valence-corrected chi connectivity index (χ3v) is 7.54. The highest BCUT2D eigenvalue weighted by Gasteiger charge is 2.44. The summed E-state index contributed by atoms with van der Waals surface area (Å²) in [6.45, 7) is 4.99. The summed E-state index contributed by atoms with van der Waals surface area (Å²) in [4.78, 5) is 2.61. The lowest BCUT2D eigenvalue weighted by Gasteiger charge is -2.49. The molecular formula is C19H28N2O3S. The minimum atomic E-state index is -3.17. The van der Waals surface area contributed by atoms with Crippen LogP contribution in [0.25, 0.3) is 0 Å². The molecule has 25 heavy (non-hydrogen) atoms. The third kappa shape index (κ3) is 3.37. The van der Waals surface area contributed by atoms with Gasteiger partial charge in [0.05, 0.1) is 6.26 Å². The molecule has 1 aromatic rings. The van der Waals surface area contributed by atoms with E-state index in [9.17, 15) is 8.42 Å². The molecule has 0 radical (unpaired) electrons. The predicted molar refractivity (Wildman–Crippen MR) is 98.0 cm³/mol. The minimum absolute atomic E-state index is 0.0282. The fourth-order valence-corrected chi connectivity index (χ4v) is 5.73. The van der Waals surface area contributed by atoms with Crippen molar-refractivity contribution in [1.29, 1.82) is 0 Å². The molecule has 0 bridgehead atoms. The van der Waals surface area contributed by atoms with Gasteiger partial charge in [-0.15, -0.1) is 0 Å². The monoisotopic (exact) mass is 364 g/mol. The van der Waals surface area contributed by atoms with Gasteiger partial charge in [-0.05, 0) is 49.9 Å². The lowest BCUT2D eigenvalue weighted by atomic mass is 9.69. The molecule has 2 saturated heterocycles. The van der Waals surface area contributed by atoms with Gasteiger partial charge >= 0.3 is 0 Å². The average molecular weight is 365 g/mol. The summed E-state index contributed by atoms with van der Waals surface area (Å²) in [6.07, 6.45) is 5.66. The fraction of sp³-hybridized carbons (Fsp3) is 0.684. The number of piperidine rings is 1. The Morgan fingerprint density at radius 3 is 2.48 bits per heavy atom. The maximum atomic E-state index is 12.2. The lowest BCUT2D eigenvalue weighted by molar-refractivity contribution is 0.0139. The van der Waals surface area contributed by atoms with Crippen LogP contribution in [0.1, 0.15) is 36.8 Å². The van der Waals surface area contributed by atoms with Crippen molar-refractivity contribution >= 4 is 10.0 Å². The van der Waals surface area contributed by atoms with Crippen molar-refractivity contribution in [3.8, 4) is 0 Å². The van der Waals surface area contributed by atoms with Crippen LogP contribution < -0.4 is 0 Å². The van der Waals surface area contributed by atoms with E-state index in [4.69, 9.17) is 4.74 Å². The number of hydrogen-bond donors (Lipinski definition) is 0. The van der Waals surface area contributed by atoms with Gasteiger partial charge in [-0.1, -0.05) is 24.3 Å². The molecule has 3 aliphatic heterocycles. The third-order valence-electron chi connectivity index (χ3n) is 6.35. The summed E-state index contributed by atoms with van der Waals surface area (Å²) in [7, 11) is -3.17. The van der Waals surface area contributed by atoms with E-state index in [0.29, 0.717) is 19.1 Å². The molecule has 0 atom stereocenters. The van der Waals surface area contributed by atoms with Crippen molar-refractivity contribution in [2.45, 2.75) is 43.7 Å². The Hall–Kier alpha value is -0.950. The van der Waals surface area contributed by atoms with Gasteiger partial charge in [-0.25, -0.2) is 8.42 Å². The number of hydrogen-bond acceptors (Lipinski definition) is 4. The molecule has 5 nitrogen and oxygen atoms in total. The SMILES string of the molecule is CS(=O)(=O)N1Cc2ccccc2C2(CCN(C3CCOCC3)CC2)C1. The largest absolute Gasteiger partial charge is 0.381 e. The zero-order valence-corrected chi connectivity index (χ0v) is 15.8. The molecule has 138 valence electrons. The van der Waals surface area contributed by atoms with Crippen molar-refractivity contribution in [1.82, 2.24) is 9.21 Å². The van der Waals surface area contributed by atoms with Crippen LogP contribution in [0.15, 0.2) is 24.3 Å². The summed E-state index contributed by atoms with van der Waals surface area (Å²) in [5.41, 5.74) is 2.53. The Labute approximate surface area is 151 Å². The second-order valence-electron chi connectivity index (χ2n) is 7.85. The van der Waals surface area contributed by atoms with E-state index in [-0.39, 0.29) is 5.41 Å². The van der Waals surface area contributed by atoms with E-state index < -0.39 is 10.0 Å². The van der Waals surface area contributed by atoms with Crippen LogP contribution in [0, 0.1) is 0 Å². The Kier molecular flexibility index (Phi) is 4.65. The van der Waals surface area contributed by atoms with Crippen LogP contribution in [0.5, 0.6) is 0 Å². The maximum Gasteiger partial charge on any atom is 0.211 e. The summed E-state index contributed by atoms with van der Waals surface area (Å²) in [6, 6.07) is 9.07. The first kappa shape index (κ1) is 17.5. The van der Waals surface area contributed by atoms with Crippen LogP contribution in [0.2, 0.25) is 0 Å². The minimum Gasteiger partial charge on any atom is -0.381 e. The maximum absolute atomic E-state index is 12.2. The molecule has 0 saturated carbocycles. The van der Waals surface area contributed by atoms with Gasteiger partial charge in [0, 0.05) is 37.8 Å². The summed E-state index contributed by atoms with van der Waals surface area (Å²) < 4.78 is 31.6. The lowest BCUT2D eigenvalue weighted by Crippen LogP contribution is -2.55. The van der Waals surface area contributed by atoms with E-state index in [1.165, 1.54) is 17.4 Å². The number of fused-ring (bicyclic) bond motifs is 2. The number of sulfonamides is 1. The number of likely N-dealkylation sites (tertiary alicyclic amines) is 1. The molecule has 3 aliphatic rings. The molecule has 1 spiro atoms. The summed E-state index contributed by atoms with van der Waals surface area (Å²) >= 11 is 0. The van der Waals surface area contributed by atoms with Crippen molar-refractivity contribution in [2.24, 2.45) is 0 Å². The zero-order chi connectivity index (χ0) is 17.5. The van der Waals surface area contributed by atoms with Crippen molar-refractivity contribution in [3.05, 3.63) is 35.4 Å². The molecule has 0 N–H and O–H groups in total. The molecular weight excluding hydrogens is 336 g/mol. The first-order chi connectivity index (χ1) is 12.0. The number of rotatable bonds is 2. The predicted octanol–water partition coefficient (Wildman–Crippen LogP) is 1.97. The van der Waals surface area contributed by atoms with E-state index in [2.05, 4.69) is 23.1 Å². The highest BCUT2D eigenvalue weighted by Crippen LogP contribution is 2.43. The van der Waals surface area contributed by atoms with Crippen LogP contribution in [-0.2, 0) is 26.7 Å². The summed E-state index contributed by atoms with van der Waals surface area (Å²) in [5, 5.41) is 0. The van der Waals surface area contributed by atoms with E-state index in [1.54, 1.807) is 4.31 Å². The van der Waals surface area contributed by atoms with Gasteiger partial charge in [0.1, 0.15) is 0 Å². The van der Waals surface area contributed by atoms with Gasteiger partial charge in [0.15, 0.2) is 0 Å². The topological polar surface area (TPSA) is 49.9 Å². The molecule has 3 heterocycles. The molecule has 0 aromatic heterocycles. The van der Waals surface area contributed by atoms with Crippen molar-refractivity contribution < 1.29 is 13.2 Å². The molecule has 0 amide bonds. The first-order valence-corrected chi connectivity index (χ1v) is 11.2. The Bertz CT molecular complexity index is 720. The van der Waals surface area contributed by atoms with Gasteiger partial charge in [-0.3, -0.25) is 0 Å². The van der Waals surface area contributed by atoms with Crippen LogP contribution in [0.4, 0.5) is 0 Å². The Morgan fingerprint density at radius 2 is 1.80 bits per heavy atom. The van der Waals surface area contributed by atoms with Crippen molar-refractivity contribution in [3.63, 3.8) is 0 Å². The molecule has 4 rings (SSSR count). The molecule has 0 aliphatic carbocycles. The molecule has 6 heteroatoms. The highest BCUT2D eigenvalue weighted by atomic mass is 32.2. The number of benzene rings is 1. The second-order valence-corrected chi connectivity index (χ2v) is 9.83. The first-order valence-electron chi connectivity index (χ1n) is 9.33. The number of ether oxygens (including phenoxy) is 1. The zero-order valence-electron chi connectivity index (χ0n) is 15.0. The normalized spacial score (nSPS) is 25.8. The van der Waals surface area contributed by atoms with Crippen LogP contribution in [-0.4, -0.2) is 62.8 Å².